The zero-order valence-corrected chi connectivity index (χ0v) is 7.93. The van der Waals surface area contributed by atoms with Crippen LogP contribution in [-0.4, -0.2) is 7.11 Å². The fraction of sp³-hybridized carbons (Fsp3) is 0.100. The molecule has 0 atom stereocenters. The van der Waals surface area contributed by atoms with Gasteiger partial charge in [0.2, 0.25) is 0 Å². The predicted molar refractivity (Wildman–Crippen MR) is 52.7 cm³/mol. The molecule has 0 saturated heterocycles. The number of nitriles is 1. The Bertz CT molecular complexity index is 379. The molecular formula is C10H8ClNO. The quantitative estimate of drug-likeness (QED) is 0.677. The molecule has 3 heteroatoms. The van der Waals surface area contributed by atoms with Crippen LogP contribution in [0.1, 0.15) is 5.56 Å². The minimum absolute atomic E-state index is 0.347. The molecule has 13 heavy (non-hydrogen) atoms. The third kappa shape index (κ3) is 2.01. The van der Waals surface area contributed by atoms with E-state index >= 15 is 0 Å². The van der Waals surface area contributed by atoms with Crippen molar-refractivity contribution in [2.75, 3.05) is 7.11 Å². The van der Waals surface area contributed by atoms with Gasteiger partial charge in [0.1, 0.15) is 5.75 Å². The highest BCUT2D eigenvalue weighted by Crippen LogP contribution is 2.27. The topological polar surface area (TPSA) is 33.0 Å². The fourth-order valence-electron chi connectivity index (χ4n) is 0.976. The summed E-state index contributed by atoms with van der Waals surface area (Å²) in [5.41, 5.74) is 0.983. The van der Waals surface area contributed by atoms with E-state index in [0.29, 0.717) is 21.9 Å². The van der Waals surface area contributed by atoms with E-state index in [2.05, 4.69) is 6.58 Å². The van der Waals surface area contributed by atoms with Crippen molar-refractivity contribution in [2.24, 2.45) is 0 Å². The summed E-state index contributed by atoms with van der Waals surface area (Å²) in [5, 5.41) is 9.21. The fourth-order valence-corrected chi connectivity index (χ4v) is 1.15. The van der Waals surface area contributed by atoms with Gasteiger partial charge in [-0.25, -0.2) is 0 Å². The number of benzene rings is 1. The maximum Gasteiger partial charge on any atom is 0.127 e. The van der Waals surface area contributed by atoms with Crippen molar-refractivity contribution in [1.29, 1.82) is 5.26 Å². The predicted octanol–water partition coefficient (Wildman–Crippen LogP) is 2.89. The van der Waals surface area contributed by atoms with Crippen LogP contribution in [-0.2, 0) is 0 Å². The molecule has 0 amide bonds. The highest BCUT2D eigenvalue weighted by atomic mass is 35.5. The standard InChI is InChI=1S/C10H8ClNO/c1-7(6-12)9-5-8(11)3-4-10(9)13-2/h3-5H,1H2,2H3. The van der Waals surface area contributed by atoms with E-state index in [1.54, 1.807) is 18.2 Å². The summed E-state index contributed by atoms with van der Waals surface area (Å²) in [5.74, 6) is 0.607. The van der Waals surface area contributed by atoms with Gasteiger partial charge in [-0.2, -0.15) is 5.26 Å². The lowest BCUT2D eigenvalue weighted by Crippen LogP contribution is -1.89. The third-order valence-corrected chi connectivity index (χ3v) is 1.86. The first-order valence-corrected chi connectivity index (χ1v) is 3.99. The zero-order chi connectivity index (χ0) is 9.84. The van der Waals surface area contributed by atoms with E-state index in [0.717, 1.165) is 0 Å². The van der Waals surface area contributed by atoms with Crippen molar-refractivity contribution < 1.29 is 4.74 Å². The molecule has 2 nitrogen and oxygen atoms in total. The van der Waals surface area contributed by atoms with Crippen molar-refractivity contribution in [3.8, 4) is 11.8 Å². The number of methoxy groups -OCH3 is 1. The van der Waals surface area contributed by atoms with Gasteiger partial charge in [-0.15, -0.1) is 0 Å². The number of rotatable bonds is 2. The van der Waals surface area contributed by atoms with E-state index in [1.807, 2.05) is 6.07 Å². The lowest BCUT2D eigenvalue weighted by molar-refractivity contribution is 0.413. The minimum Gasteiger partial charge on any atom is -0.496 e. The van der Waals surface area contributed by atoms with E-state index in [-0.39, 0.29) is 0 Å². The number of halogens is 1. The van der Waals surface area contributed by atoms with E-state index in [9.17, 15) is 0 Å². The smallest absolute Gasteiger partial charge is 0.127 e. The zero-order valence-electron chi connectivity index (χ0n) is 7.17. The maximum absolute atomic E-state index is 8.65. The molecule has 0 aliphatic carbocycles. The van der Waals surface area contributed by atoms with Crippen LogP contribution in [0.15, 0.2) is 24.8 Å². The Morgan fingerprint density at radius 1 is 1.62 bits per heavy atom. The SMILES string of the molecule is C=C(C#N)c1cc(Cl)ccc1OC. The molecule has 1 aromatic carbocycles. The molecule has 0 unspecified atom stereocenters. The Labute approximate surface area is 82.0 Å². The van der Waals surface area contributed by atoms with Crippen LogP contribution in [0.25, 0.3) is 5.57 Å². The second-order valence-electron chi connectivity index (χ2n) is 2.43. The van der Waals surface area contributed by atoms with Gasteiger partial charge in [0.15, 0.2) is 0 Å². The molecule has 0 radical (unpaired) electrons. The van der Waals surface area contributed by atoms with Gasteiger partial charge in [-0.3, -0.25) is 0 Å². The molecule has 0 N–H and O–H groups in total. The van der Waals surface area contributed by atoms with Gasteiger partial charge in [-0.1, -0.05) is 18.2 Å². The summed E-state index contributed by atoms with van der Waals surface area (Å²) < 4.78 is 5.05. The largest absolute Gasteiger partial charge is 0.496 e. The Hall–Kier alpha value is -1.46. The van der Waals surface area contributed by atoms with Crippen LogP contribution in [0.3, 0.4) is 0 Å². The van der Waals surface area contributed by atoms with Crippen LogP contribution in [0.5, 0.6) is 5.75 Å². The second kappa shape index (κ2) is 3.97. The Balaban J connectivity index is 3.25. The number of hydrogen-bond acceptors (Lipinski definition) is 2. The molecule has 0 aliphatic heterocycles. The third-order valence-electron chi connectivity index (χ3n) is 1.62. The van der Waals surface area contributed by atoms with Gasteiger partial charge >= 0.3 is 0 Å². The Kier molecular flexibility index (Phi) is 2.94. The molecule has 0 bridgehead atoms. The summed E-state index contributed by atoms with van der Waals surface area (Å²) in [7, 11) is 1.54. The number of ether oxygens (including phenoxy) is 1. The van der Waals surface area contributed by atoms with Crippen LogP contribution >= 0.6 is 11.6 Å². The van der Waals surface area contributed by atoms with Gasteiger partial charge in [0.25, 0.3) is 0 Å². The molecule has 0 heterocycles. The van der Waals surface area contributed by atoms with Crippen molar-refractivity contribution in [2.45, 2.75) is 0 Å². The average Bonchev–Trinajstić information content (AvgIpc) is 2.16. The summed E-state index contributed by atoms with van der Waals surface area (Å²) in [4.78, 5) is 0. The van der Waals surface area contributed by atoms with E-state index < -0.39 is 0 Å². The van der Waals surface area contributed by atoms with E-state index in [1.165, 1.54) is 7.11 Å². The highest BCUT2D eigenvalue weighted by molar-refractivity contribution is 6.30. The summed E-state index contributed by atoms with van der Waals surface area (Å²) in [6.07, 6.45) is 0. The van der Waals surface area contributed by atoms with E-state index in [4.69, 9.17) is 21.6 Å². The lowest BCUT2D eigenvalue weighted by Gasteiger charge is -2.06. The first kappa shape index (κ1) is 9.63. The number of hydrogen-bond donors (Lipinski definition) is 0. The van der Waals surface area contributed by atoms with Crippen molar-refractivity contribution in [3.05, 3.63) is 35.4 Å². The first-order chi connectivity index (χ1) is 6.19. The van der Waals surface area contributed by atoms with Gasteiger partial charge in [-0.05, 0) is 18.2 Å². The number of nitrogens with zero attached hydrogens (tertiary/aromatic N) is 1. The average molecular weight is 194 g/mol. The molecule has 0 fully saturated rings. The molecule has 0 aliphatic rings. The van der Waals surface area contributed by atoms with Crippen LogP contribution in [0.2, 0.25) is 5.02 Å². The molecule has 1 aromatic rings. The lowest BCUT2D eigenvalue weighted by atomic mass is 10.1. The molecule has 0 saturated carbocycles. The summed E-state index contributed by atoms with van der Waals surface area (Å²) in [6, 6.07) is 7.02. The first-order valence-electron chi connectivity index (χ1n) is 3.62. The van der Waals surface area contributed by atoms with Crippen LogP contribution < -0.4 is 4.74 Å². The van der Waals surface area contributed by atoms with Gasteiger partial charge < -0.3 is 4.74 Å². The molecule has 0 aromatic heterocycles. The van der Waals surface area contributed by atoms with Gasteiger partial charge in [0.05, 0.1) is 18.8 Å². The normalized spacial score (nSPS) is 9.00. The minimum atomic E-state index is 0.347. The van der Waals surface area contributed by atoms with Crippen LogP contribution in [0.4, 0.5) is 0 Å². The Morgan fingerprint density at radius 3 is 2.85 bits per heavy atom. The monoisotopic (exact) mass is 193 g/mol. The summed E-state index contributed by atoms with van der Waals surface area (Å²) in [6.45, 7) is 3.59. The molecule has 0 spiro atoms. The van der Waals surface area contributed by atoms with Crippen molar-refractivity contribution in [1.82, 2.24) is 0 Å². The molecular weight excluding hydrogens is 186 g/mol. The number of allylic oxidation sites excluding steroid dienone is 1. The molecule has 1 rings (SSSR count). The van der Waals surface area contributed by atoms with Crippen molar-refractivity contribution in [3.63, 3.8) is 0 Å². The maximum atomic E-state index is 8.65. The highest BCUT2D eigenvalue weighted by Gasteiger charge is 2.06. The van der Waals surface area contributed by atoms with Gasteiger partial charge in [0, 0.05) is 10.6 Å². The summed E-state index contributed by atoms with van der Waals surface area (Å²) >= 11 is 5.77. The second-order valence-corrected chi connectivity index (χ2v) is 2.87. The van der Waals surface area contributed by atoms with Crippen LogP contribution in [0, 0.1) is 11.3 Å². The molecule has 66 valence electrons. The van der Waals surface area contributed by atoms with Crippen molar-refractivity contribution >= 4 is 17.2 Å². The Morgan fingerprint density at radius 2 is 2.31 bits per heavy atom.